The highest BCUT2D eigenvalue weighted by Crippen LogP contribution is 2.16. The van der Waals surface area contributed by atoms with Gasteiger partial charge in [-0.3, -0.25) is 4.79 Å². The standard InChI is InChI=1S/C12H12INO3/c1-2-5-12(16)17-8-11(15)14-10-7-4-3-6-9(10)13/h2-7H,8H2,1H3,(H,14,15)/b5-2+. The average Bonchev–Trinajstić information content (AvgIpc) is 2.30. The van der Waals surface area contributed by atoms with Crippen LogP contribution in [0.15, 0.2) is 36.4 Å². The van der Waals surface area contributed by atoms with Crippen molar-refractivity contribution in [2.45, 2.75) is 6.92 Å². The summed E-state index contributed by atoms with van der Waals surface area (Å²) in [4.78, 5) is 22.4. The molecule has 1 aromatic carbocycles. The number of amides is 1. The first-order valence-corrected chi connectivity index (χ1v) is 6.05. The maximum atomic E-state index is 11.5. The normalized spacial score (nSPS) is 10.2. The third-order valence-corrected chi connectivity index (χ3v) is 2.74. The zero-order chi connectivity index (χ0) is 12.7. The van der Waals surface area contributed by atoms with Crippen molar-refractivity contribution in [2.75, 3.05) is 11.9 Å². The fraction of sp³-hybridized carbons (Fsp3) is 0.167. The summed E-state index contributed by atoms with van der Waals surface area (Å²) in [5.74, 6) is -0.877. The van der Waals surface area contributed by atoms with Gasteiger partial charge in [0.25, 0.3) is 5.91 Å². The maximum Gasteiger partial charge on any atom is 0.330 e. The Labute approximate surface area is 113 Å². The Morgan fingerprint density at radius 2 is 2.12 bits per heavy atom. The van der Waals surface area contributed by atoms with Crippen molar-refractivity contribution in [3.05, 3.63) is 40.0 Å². The van der Waals surface area contributed by atoms with E-state index in [0.29, 0.717) is 5.69 Å². The lowest BCUT2D eigenvalue weighted by atomic mass is 10.3. The van der Waals surface area contributed by atoms with Crippen LogP contribution in [0.1, 0.15) is 6.92 Å². The van der Waals surface area contributed by atoms with Crippen molar-refractivity contribution in [2.24, 2.45) is 0 Å². The van der Waals surface area contributed by atoms with Crippen LogP contribution in [0.4, 0.5) is 5.69 Å². The highest BCUT2D eigenvalue weighted by molar-refractivity contribution is 14.1. The number of para-hydroxylation sites is 1. The number of allylic oxidation sites excluding steroid dienone is 1. The van der Waals surface area contributed by atoms with Gasteiger partial charge in [-0.1, -0.05) is 18.2 Å². The molecule has 0 spiro atoms. The molecule has 0 aliphatic rings. The number of carbonyl (C=O) groups excluding carboxylic acids is 2. The lowest BCUT2D eigenvalue weighted by molar-refractivity contribution is -0.142. The van der Waals surface area contributed by atoms with E-state index in [1.54, 1.807) is 19.1 Å². The molecule has 5 heteroatoms. The second-order valence-corrected chi connectivity index (χ2v) is 4.30. The van der Waals surface area contributed by atoms with Crippen LogP contribution in [-0.2, 0) is 14.3 Å². The molecule has 17 heavy (non-hydrogen) atoms. The quantitative estimate of drug-likeness (QED) is 0.518. The largest absolute Gasteiger partial charge is 0.452 e. The molecule has 1 N–H and O–H groups in total. The minimum absolute atomic E-state index is 0.284. The van der Waals surface area contributed by atoms with Crippen molar-refractivity contribution in [1.29, 1.82) is 0 Å². The lowest BCUT2D eigenvalue weighted by Crippen LogP contribution is -2.20. The summed E-state index contributed by atoms with van der Waals surface area (Å²) in [6.45, 7) is 1.42. The minimum atomic E-state index is -0.523. The van der Waals surface area contributed by atoms with Gasteiger partial charge in [0.15, 0.2) is 6.61 Å². The fourth-order valence-corrected chi connectivity index (χ4v) is 1.59. The molecule has 1 aromatic rings. The molecule has 0 aliphatic heterocycles. The number of nitrogens with one attached hydrogen (secondary N) is 1. The van der Waals surface area contributed by atoms with E-state index >= 15 is 0 Å². The van der Waals surface area contributed by atoms with Crippen molar-refractivity contribution in [3.8, 4) is 0 Å². The van der Waals surface area contributed by atoms with Gasteiger partial charge in [0.05, 0.1) is 5.69 Å². The topological polar surface area (TPSA) is 55.4 Å². The first-order chi connectivity index (χ1) is 8.13. The summed E-state index contributed by atoms with van der Waals surface area (Å²) in [6.07, 6.45) is 2.82. The van der Waals surface area contributed by atoms with E-state index in [1.807, 2.05) is 18.2 Å². The van der Waals surface area contributed by atoms with E-state index in [0.717, 1.165) is 3.57 Å². The predicted molar refractivity (Wildman–Crippen MR) is 73.6 cm³/mol. The zero-order valence-corrected chi connectivity index (χ0v) is 11.4. The molecule has 0 radical (unpaired) electrons. The predicted octanol–water partition coefficient (Wildman–Crippen LogP) is 2.35. The number of anilines is 1. The smallest absolute Gasteiger partial charge is 0.330 e. The van der Waals surface area contributed by atoms with Crippen LogP contribution in [0, 0.1) is 3.57 Å². The van der Waals surface area contributed by atoms with E-state index in [4.69, 9.17) is 4.74 Å². The Hall–Kier alpha value is -1.37. The molecule has 0 saturated carbocycles. The van der Waals surface area contributed by atoms with Gasteiger partial charge in [0, 0.05) is 9.65 Å². The minimum Gasteiger partial charge on any atom is -0.452 e. The monoisotopic (exact) mass is 345 g/mol. The highest BCUT2D eigenvalue weighted by atomic mass is 127. The molecule has 0 saturated heterocycles. The molecule has 0 unspecified atom stereocenters. The first kappa shape index (κ1) is 13.7. The van der Waals surface area contributed by atoms with Gasteiger partial charge in [-0.2, -0.15) is 0 Å². The van der Waals surface area contributed by atoms with Gasteiger partial charge in [0.1, 0.15) is 0 Å². The molecule has 0 atom stereocenters. The molecule has 1 rings (SSSR count). The number of carbonyl (C=O) groups is 2. The van der Waals surface area contributed by atoms with Crippen LogP contribution in [0.25, 0.3) is 0 Å². The SMILES string of the molecule is C/C=C/C(=O)OCC(=O)Nc1ccccc1I. The van der Waals surface area contributed by atoms with Crippen molar-refractivity contribution >= 4 is 40.2 Å². The van der Waals surface area contributed by atoms with E-state index < -0.39 is 5.97 Å². The van der Waals surface area contributed by atoms with Gasteiger partial charge >= 0.3 is 5.97 Å². The maximum absolute atomic E-state index is 11.5. The molecule has 0 aliphatic carbocycles. The zero-order valence-electron chi connectivity index (χ0n) is 9.27. The van der Waals surface area contributed by atoms with Crippen LogP contribution in [-0.4, -0.2) is 18.5 Å². The molecule has 0 fully saturated rings. The number of hydrogen-bond donors (Lipinski definition) is 1. The Morgan fingerprint density at radius 1 is 1.41 bits per heavy atom. The first-order valence-electron chi connectivity index (χ1n) is 4.97. The summed E-state index contributed by atoms with van der Waals surface area (Å²) in [7, 11) is 0. The van der Waals surface area contributed by atoms with E-state index in [2.05, 4.69) is 27.9 Å². The molecule has 4 nitrogen and oxygen atoms in total. The second-order valence-electron chi connectivity index (χ2n) is 3.14. The summed E-state index contributed by atoms with van der Waals surface area (Å²) in [6, 6.07) is 7.36. The van der Waals surface area contributed by atoms with Gasteiger partial charge in [-0.15, -0.1) is 0 Å². The van der Waals surface area contributed by atoms with E-state index in [9.17, 15) is 9.59 Å². The van der Waals surface area contributed by atoms with Crippen molar-refractivity contribution in [1.82, 2.24) is 0 Å². The van der Waals surface area contributed by atoms with E-state index in [1.165, 1.54) is 6.08 Å². The Balaban J connectivity index is 2.45. The summed E-state index contributed by atoms with van der Waals surface area (Å²) >= 11 is 2.12. The number of rotatable bonds is 4. The average molecular weight is 345 g/mol. The number of halogens is 1. The number of ether oxygens (including phenoxy) is 1. The summed E-state index contributed by atoms with van der Waals surface area (Å²) in [5, 5.41) is 2.66. The molecule has 0 aromatic heterocycles. The third kappa shape index (κ3) is 4.99. The van der Waals surface area contributed by atoms with Gasteiger partial charge < -0.3 is 10.1 Å². The van der Waals surface area contributed by atoms with Crippen LogP contribution < -0.4 is 5.32 Å². The van der Waals surface area contributed by atoms with Gasteiger partial charge in [-0.05, 0) is 41.6 Å². The summed E-state index contributed by atoms with van der Waals surface area (Å²) < 4.78 is 5.64. The Bertz CT molecular complexity index is 443. The van der Waals surface area contributed by atoms with Crippen molar-refractivity contribution in [3.63, 3.8) is 0 Å². The van der Waals surface area contributed by atoms with Gasteiger partial charge in [0.2, 0.25) is 0 Å². The fourth-order valence-electron chi connectivity index (χ4n) is 1.07. The lowest BCUT2D eigenvalue weighted by Gasteiger charge is -2.06. The van der Waals surface area contributed by atoms with Crippen LogP contribution in [0.5, 0.6) is 0 Å². The van der Waals surface area contributed by atoms with Crippen LogP contribution >= 0.6 is 22.6 Å². The Kier molecular flexibility index (Phi) is 5.68. The molecule has 1 amide bonds. The second kappa shape index (κ2) is 7.05. The Morgan fingerprint density at radius 3 is 2.76 bits per heavy atom. The number of hydrogen-bond acceptors (Lipinski definition) is 3. The molecule has 90 valence electrons. The van der Waals surface area contributed by atoms with Crippen LogP contribution in [0.3, 0.4) is 0 Å². The van der Waals surface area contributed by atoms with Crippen molar-refractivity contribution < 1.29 is 14.3 Å². The molecule has 0 bridgehead atoms. The molecular formula is C12H12INO3. The van der Waals surface area contributed by atoms with E-state index in [-0.39, 0.29) is 12.5 Å². The molecule has 0 heterocycles. The highest BCUT2D eigenvalue weighted by Gasteiger charge is 2.06. The molecular weight excluding hydrogens is 333 g/mol. The van der Waals surface area contributed by atoms with Gasteiger partial charge in [-0.25, -0.2) is 4.79 Å². The summed E-state index contributed by atoms with van der Waals surface area (Å²) in [5.41, 5.74) is 0.709. The number of esters is 1. The number of benzene rings is 1. The third-order valence-electron chi connectivity index (χ3n) is 1.80. The van der Waals surface area contributed by atoms with Crippen LogP contribution in [0.2, 0.25) is 0 Å².